The Morgan fingerprint density at radius 2 is 2.10 bits per heavy atom. The Labute approximate surface area is 187 Å². The van der Waals surface area contributed by atoms with Gasteiger partial charge < -0.3 is 10.5 Å². The summed E-state index contributed by atoms with van der Waals surface area (Å²) in [5.41, 5.74) is 10.5. The number of amides is 1. The van der Waals surface area contributed by atoms with Crippen LogP contribution >= 0.6 is 34.5 Å². The highest BCUT2D eigenvalue weighted by Crippen LogP contribution is 2.29. The largest absolute Gasteiger partial charge is 0.488 e. The number of halogens is 2. The van der Waals surface area contributed by atoms with Crippen LogP contribution in [0.2, 0.25) is 10.0 Å². The summed E-state index contributed by atoms with van der Waals surface area (Å²) >= 11 is 13.2. The van der Waals surface area contributed by atoms with Crippen LogP contribution in [-0.2, 0) is 6.61 Å². The Balaban J connectivity index is 1.69. The fraction of sp³-hybridized carbons (Fsp3) is 0.0952. The van der Waals surface area contributed by atoms with Gasteiger partial charge in [-0.1, -0.05) is 41.4 Å². The lowest BCUT2D eigenvalue weighted by molar-refractivity contribution is 0.0958. The van der Waals surface area contributed by atoms with E-state index in [-0.39, 0.29) is 6.61 Å². The van der Waals surface area contributed by atoms with Crippen molar-refractivity contribution in [1.29, 1.82) is 5.26 Å². The third-order valence-corrected chi connectivity index (χ3v) is 5.89. The first-order chi connectivity index (χ1) is 14.4. The molecule has 3 rings (SSSR count). The molecule has 9 heteroatoms. The van der Waals surface area contributed by atoms with Gasteiger partial charge in [-0.15, -0.1) is 11.3 Å². The first-order valence-corrected chi connectivity index (χ1v) is 10.3. The molecule has 2 aromatic carbocycles. The molecule has 3 aromatic rings. The van der Waals surface area contributed by atoms with E-state index >= 15 is 0 Å². The molecule has 30 heavy (non-hydrogen) atoms. The first kappa shape index (κ1) is 21.7. The number of nitrogen functional groups attached to an aromatic ring is 1. The highest BCUT2D eigenvalue weighted by atomic mass is 35.5. The highest BCUT2D eigenvalue weighted by molar-refractivity contribution is 7.18. The quantitative estimate of drug-likeness (QED) is 0.393. The zero-order chi connectivity index (χ0) is 21.7. The lowest BCUT2D eigenvalue weighted by atomic mass is 10.2. The number of rotatable bonds is 6. The van der Waals surface area contributed by atoms with Crippen molar-refractivity contribution < 1.29 is 9.53 Å². The Morgan fingerprint density at radius 1 is 1.33 bits per heavy atom. The van der Waals surface area contributed by atoms with Crippen LogP contribution in [0.25, 0.3) is 0 Å². The van der Waals surface area contributed by atoms with Crippen LogP contribution in [0, 0.1) is 18.3 Å². The lowest BCUT2D eigenvalue weighted by Crippen LogP contribution is -2.17. The summed E-state index contributed by atoms with van der Waals surface area (Å²) in [6.45, 7) is 1.92. The molecule has 6 nitrogen and oxygen atoms in total. The molecule has 0 aliphatic carbocycles. The van der Waals surface area contributed by atoms with Crippen molar-refractivity contribution in [3.63, 3.8) is 0 Å². The predicted molar refractivity (Wildman–Crippen MR) is 120 cm³/mol. The van der Waals surface area contributed by atoms with Gasteiger partial charge in [-0.25, -0.2) is 5.43 Å². The standard InChI is InChI=1S/C21H16Cl2N4O2S/c1-12-16(9-24)20(25)30-19(12)21(28)27-26-10-13-4-2-3-5-18(13)29-11-14-6-7-15(22)8-17(14)23/h2-8,10H,11,25H2,1H3,(H,27,28)/b26-10-. The van der Waals surface area contributed by atoms with Gasteiger partial charge in [0.05, 0.1) is 11.8 Å². The average Bonchev–Trinajstić information content (AvgIpc) is 3.01. The van der Waals surface area contributed by atoms with Crippen molar-refractivity contribution in [1.82, 2.24) is 5.43 Å². The zero-order valence-corrected chi connectivity index (χ0v) is 18.1. The minimum absolute atomic E-state index is 0.248. The zero-order valence-electron chi connectivity index (χ0n) is 15.8. The molecular formula is C21H16Cl2N4O2S. The van der Waals surface area contributed by atoms with Crippen LogP contribution in [0.1, 0.15) is 31.9 Å². The Hall–Kier alpha value is -3.05. The maximum absolute atomic E-state index is 12.4. The van der Waals surface area contributed by atoms with Gasteiger partial charge in [0.1, 0.15) is 28.3 Å². The first-order valence-electron chi connectivity index (χ1n) is 8.68. The van der Waals surface area contributed by atoms with Gasteiger partial charge >= 0.3 is 0 Å². The lowest BCUT2D eigenvalue weighted by Gasteiger charge is -2.10. The summed E-state index contributed by atoms with van der Waals surface area (Å²) in [5.74, 6) is 0.137. The van der Waals surface area contributed by atoms with Crippen molar-refractivity contribution in [2.45, 2.75) is 13.5 Å². The van der Waals surface area contributed by atoms with E-state index in [1.807, 2.05) is 18.2 Å². The third kappa shape index (κ3) is 4.92. The molecule has 0 spiro atoms. The van der Waals surface area contributed by atoms with Gasteiger partial charge in [-0.2, -0.15) is 10.4 Å². The molecule has 0 saturated carbocycles. The fourth-order valence-electron chi connectivity index (χ4n) is 2.62. The maximum Gasteiger partial charge on any atom is 0.281 e. The van der Waals surface area contributed by atoms with Gasteiger partial charge in [-0.05, 0) is 36.8 Å². The molecule has 0 aliphatic rings. The molecule has 0 aliphatic heterocycles. The number of thiophene rings is 1. The third-order valence-electron chi connectivity index (χ3n) is 4.18. The number of ether oxygens (including phenoxy) is 1. The molecule has 0 fully saturated rings. The summed E-state index contributed by atoms with van der Waals surface area (Å²) in [6.07, 6.45) is 1.48. The van der Waals surface area contributed by atoms with Crippen molar-refractivity contribution in [3.8, 4) is 11.8 Å². The predicted octanol–water partition coefficient (Wildman–Crippen LogP) is 5.16. The molecule has 0 radical (unpaired) electrons. The Bertz CT molecular complexity index is 1170. The minimum atomic E-state index is -0.437. The number of nitriles is 1. The minimum Gasteiger partial charge on any atom is -0.488 e. The fourth-order valence-corrected chi connectivity index (χ4v) is 3.99. The summed E-state index contributed by atoms with van der Waals surface area (Å²) in [5, 5.41) is 14.5. The summed E-state index contributed by atoms with van der Waals surface area (Å²) in [6, 6.07) is 14.4. The van der Waals surface area contributed by atoms with E-state index in [1.54, 1.807) is 37.3 Å². The van der Waals surface area contributed by atoms with Crippen LogP contribution in [0.3, 0.4) is 0 Å². The molecule has 152 valence electrons. The molecule has 3 N–H and O–H groups in total. The van der Waals surface area contributed by atoms with Crippen LogP contribution in [0.4, 0.5) is 5.00 Å². The van der Waals surface area contributed by atoms with E-state index in [2.05, 4.69) is 10.5 Å². The number of nitrogens with two attached hydrogens (primary N) is 1. The number of carbonyl (C=O) groups is 1. The van der Waals surface area contributed by atoms with Crippen LogP contribution in [-0.4, -0.2) is 12.1 Å². The molecule has 0 bridgehead atoms. The second kappa shape index (κ2) is 9.63. The molecule has 0 saturated heterocycles. The smallest absolute Gasteiger partial charge is 0.281 e. The molecule has 0 atom stereocenters. The van der Waals surface area contributed by atoms with Crippen molar-refractivity contribution in [3.05, 3.63) is 79.6 Å². The molecular weight excluding hydrogens is 443 g/mol. The van der Waals surface area contributed by atoms with Gasteiger partial charge in [0.2, 0.25) is 0 Å². The monoisotopic (exact) mass is 458 g/mol. The number of nitrogens with one attached hydrogen (secondary N) is 1. The van der Waals surface area contributed by atoms with E-state index in [0.717, 1.165) is 16.9 Å². The number of hydrogen-bond acceptors (Lipinski definition) is 6. The van der Waals surface area contributed by atoms with Gasteiger partial charge in [0, 0.05) is 21.2 Å². The highest BCUT2D eigenvalue weighted by Gasteiger charge is 2.18. The maximum atomic E-state index is 12.4. The average molecular weight is 459 g/mol. The van der Waals surface area contributed by atoms with Crippen molar-refractivity contribution >= 4 is 51.7 Å². The van der Waals surface area contributed by atoms with Crippen molar-refractivity contribution in [2.75, 3.05) is 5.73 Å². The number of hydrogen-bond donors (Lipinski definition) is 2. The number of para-hydroxylation sites is 1. The van der Waals surface area contributed by atoms with E-state index < -0.39 is 5.91 Å². The van der Waals surface area contributed by atoms with Crippen LogP contribution in [0.5, 0.6) is 5.75 Å². The topological polar surface area (TPSA) is 100 Å². The van der Waals surface area contributed by atoms with Gasteiger partial charge in [-0.3, -0.25) is 4.79 Å². The van der Waals surface area contributed by atoms with E-state index in [1.165, 1.54) is 6.21 Å². The Morgan fingerprint density at radius 3 is 2.80 bits per heavy atom. The molecule has 1 heterocycles. The molecule has 1 amide bonds. The van der Waals surface area contributed by atoms with E-state index in [0.29, 0.717) is 42.4 Å². The van der Waals surface area contributed by atoms with E-state index in [4.69, 9.17) is 38.9 Å². The second-order valence-corrected chi connectivity index (χ2v) is 8.06. The number of anilines is 1. The van der Waals surface area contributed by atoms with Crippen molar-refractivity contribution in [2.24, 2.45) is 5.10 Å². The number of benzene rings is 2. The van der Waals surface area contributed by atoms with Crippen LogP contribution in [0.15, 0.2) is 47.6 Å². The number of carbonyl (C=O) groups excluding carboxylic acids is 1. The number of nitrogens with zero attached hydrogens (tertiary/aromatic N) is 2. The summed E-state index contributed by atoms with van der Waals surface area (Å²) in [7, 11) is 0. The second-order valence-electron chi connectivity index (χ2n) is 6.17. The van der Waals surface area contributed by atoms with Gasteiger partial charge in [0.25, 0.3) is 5.91 Å². The molecule has 1 aromatic heterocycles. The molecule has 0 unspecified atom stereocenters. The SMILES string of the molecule is Cc1c(C(=O)N/N=C\c2ccccc2OCc2ccc(Cl)cc2Cl)sc(N)c1C#N. The summed E-state index contributed by atoms with van der Waals surface area (Å²) in [4.78, 5) is 12.7. The number of hydrazone groups is 1. The summed E-state index contributed by atoms with van der Waals surface area (Å²) < 4.78 is 5.86. The van der Waals surface area contributed by atoms with Crippen LogP contribution < -0.4 is 15.9 Å². The normalized spacial score (nSPS) is 10.7. The van der Waals surface area contributed by atoms with E-state index in [9.17, 15) is 4.79 Å². The van der Waals surface area contributed by atoms with Gasteiger partial charge in [0.15, 0.2) is 0 Å². The Kier molecular flexibility index (Phi) is 6.95.